The number of hydrogen-bond acceptors (Lipinski definition) is 4. The Morgan fingerprint density at radius 2 is 1.76 bits per heavy atom. The first-order valence-corrected chi connectivity index (χ1v) is 5.84. The second-order valence-electron chi connectivity index (χ2n) is 3.97. The molecule has 0 aliphatic carbocycles. The lowest BCUT2D eigenvalue weighted by Gasteiger charge is -2.31. The molecule has 1 aromatic rings. The quantitative estimate of drug-likeness (QED) is 0.754. The molecule has 6 heteroatoms. The van der Waals surface area contributed by atoms with Gasteiger partial charge in [0.1, 0.15) is 0 Å². The normalized spacial score (nSPS) is 18.0. The van der Waals surface area contributed by atoms with Crippen molar-refractivity contribution in [3.63, 3.8) is 0 Å². The van der Waals surface area contributed by atoms with Crippen molar-refractivity contribution in [3.8, 4) is 0 Å². The molecule has 0 radical (unpaired) electrons. The second kappa shape index (κ2) is 5.46. The third-order valence-corrected chi connectivity index (χ3v) is 2.93. The van der Waals surface area contributed by atoms with Gasteiger partial charge in [0.25, 0.3) is 5.91 Å². The molecule has 3 N–H and O–H groups in total. The number of hydrogen-bond donors (Lipinski definition) is 2. The van der Waals surface area contributed by atoms with E-state index in [2.05, 4.69) is 5.43 Å². The summed E-state index contributed by atoms with van der Waals surface area (Å²) >= 11 is 5.76. The minimum absolute atomic E-state index is 0.118. The molecule has 1 saturated heterocycles. The molecule has 5 nitrogen and oxygen atoms in total. The predicted molar refractivity (Wildman–Crippen MR) is 66.3 cm³/mol. The lowest BCUT2D eigenvalue weighted by atomic mass is 10.2. The Kier molecular flexibility index (Phi) is 3.96. The maximum absolute atomic E-state index is 11.9. The van der Waals surface area contributed by atoms with Crippen LogP contribution < -0.4 is 11.3 Å². The number of amides is 1. The van der Waals surface area contributed by atoms with Gasteiger partial charge in [-0.15, -0.1) is 0 Å². The molecule has 1 fully saturated rings. The Bertz CT molecular complexity index is 387. The summed E-state index contributed by atoms with van der Waals surface area (Å²) in [4.78, 5) is 11.9. The van der Waals surface area contributed by atoms with Crippen molar-refractivity contribution in [1.29, 1.82) is 0 Å². The average molecular weight is 255 g/mol. The van der Waals surface area contributed by atoms with E-state index in [0.29, 0.717) is 10.6 Å². The van der Waals surface area contributed by atoms with Crippen molar-refractivity contribution < 1.29 is 4.79 Å². The fourth-order valence-electron chi connectivity index (χ4n) is 1.64. The lowest BCUT2D eigenvalue weighted by molar-refractivity contribution is 0.0619. The van der Waals surface area contributed by atoms with E-state index in [9.17, 15) is 4.79 Å². The summed E-state index contributed by atoms with van der Waals surface area (Å²) in [7, 11) is 0. The molecule has 0 saturated carbocycles. The Balaban J connectivity index is 1.91. The Morgan fingerprint density at radius 3 is 2.35 bits per heavy atom. The van der Waals surface area contributed by atoms with Crippen LogP contribution in [-0.2, 0) is 0 Å². The standard InChI is InChI=1S/C11H15ClN4O/c12-10-3-1-9(2-4-10)11(17)14-16-7-5-15(13)6-8-16/h1-4H,5-8,13H2,(H,14,17). The van der Waals surface area contributed by atoms with Crippen molar-refractivity contribution in [1.82, 2.24) is 15.4 Å². The van der Waals surface area contributed by atoms with Crippen LogP contribution in [0.4, 0.5) is 0 Å². The van der Waals surface area contributed by atoms with Crippen LogP contribution in [0.15, 0.2) is 24.3 Å². The third kappa shape index (κ3) is 3.41. The average Bonchev–Trinajstić information content (AvgIpc) is 2.33. The van der Waals surface area contributed by atoms with Crippen LogP contribution in [0.1, 0.15) is 10.4 Å². The van der Waals surface area contributed by atoms with Crippen LogP contribution in [0, 0.1) is 0 Å². The number of carbonyl (C=O) groups excluding carboxylic acids is 1. The number of nitrogens with zero attached hydrogens (tertiary/aromatic N) is 2. The smallest absolute Gasteiger partial charge is 0.265 e. The highest BCUT2D eigenvalue weighted by molar-refractivity contribution is 6.30. The van der Waals surface area contributed by atoms with Crippen LogP contribution in [0.3, 0.4) is 0 Å². The van der Waals surface area contributed by atoms with Gasteiger partial charge in [-0.2, -0.15) is 0 Å². The van der Waals surface area contributed by atoms with Crippen molar-refractivity contribution in [2.45, 2.75) is 0 Å². The van der Waals surface area contributed by atoms with Gasteiger partial charge in [0.15, 0.2) is 0 Å². The first kappa shape index (κ1) is 12.3. The molecular weight excluding hydrogens is 240 g/mol. The summed E-state index contributed by atoms with van der Waals surface area (Å²) < 4.78 is 0. The molecule has 1 aromatic carbocycles. The van der Waals surface area contributed by atoms with Crippen LogP contribution >= 0.6 is 11.6 Å². The molecular formula is C11H15ClN4O. The number of piperazine rings is 1. The van der Waals surface area contributed by atoms with E-state index in [1.807, 2.05) is 5.01 Å². The molecule has 1 amide bonds. The Hall–Kier alpha value is -1.14. The summed E-state index contributed by atoms with van der Waals surface area (Å²) in [5, 5.41) is 4.24. The Morgan fingerprint density at radius 1 is 1.18 bits per heavy atom. The molecule has 17 heavy (non-hydrogen) atoms. The third-order valence-electron chi connectivity index (χ3n) is 2.68. The van der Waals surface area contributed by atoms with Gasteiger partial charge in [-0.1, -0.05) is 11.6 Å². The zero-order valence-electron chi connectivity index (χ0n) is 9.40. The minimum Gasteiger partial charge on any atom is -0.285 e. The monoisotopic (exact) mass is 254 g/mol. The molecule has 0 atom stereocenters. The van der Waals surface area contributed by atoms with E-state index in [0.717, 1.165) is 26.2 Å². The van der Waals surface area contributed by atoms with Crippen LogP contribution in [0.25, 0.3) is 0 Å². The molecule has 1 aliphatic rings. The fourth-order valence-corrected chi connectivity index (χ4v) is 1.77. The summed E-state index contributed by atoms with van der Waals surface area (Å²) in [6, 6.07) is 6.82. The largest absolute Gasteiger partial charge is 0.285 e. The number of rotatable bonds is 2. The van der Waals surface area contributed by atoms with Crippen molar-refractivity contribution in [2.75, 3.05) is 26.2 Å². The molecule has 0 unspecified atom stereocenters. The molecule has 0 aromatic heterocycles. The lowest BCUT2D eigenvalue weighted by Crippen LogP contribution is -2.55. The van der Waals surface area contributed by atoms with Gasteiger partial charge < -0.3 is 0 Å². The van der Waals surface area contributed by atoms with Crippen molar-refractivity contribution in [3.05, 3.63) is 34.9 Å². The summed E-state index contributed by atoms with van der Waals surface area (Å²) in [6.45, 7) is 2.97. The van der Waals surface area contributed by atoms with E-state index in [4.69, 9.17) is 17.4 Å². The molecule has 1 aliphatic heterocycles. The summed E-state index contributed by atoms with van der Waals surface area (Å²) in [5.41, 5.74) is 3.45. The van der Waals surface area contributed by atoms with Crippen molar-refractivity contribution in [2.24, 2.45) is 5.84 Å². The van der Waals surface area contributed by atoms with Crippen LogP contribution in [0.5, 0.6) is 0 Å². The van der Waals surface area contributed by atoms with Crippen LogP contribution in [0.2, 0.25) is 5.02 Å². The van der Waals surface area contributed by atoms with Gasteiger partial charge >= 0.3 is 0 Å². The first-order chi connectivity index (χ1) is 8.15. The van der Waals surface area contributed by atoms with E-state index in [1.165, 1.54) is 0 Å². The maximum Gasteiger partial charge on any atom is 0.265 e. The van der Waals surface area contributed by atoms with E-state index < -0.39 is 0 Å². The fraction of sp³-hybridized carbons (Fsp3) is 0.364. The predicted octanol–water partition coefficient (Wildman–Crippen LogP) is 0.476. The van der Waals surface area contributed by atoms with E-state index >= 15 is 0 Å². The molecule has 2 rings (SSSR count). The number of carbonyl (C=O) groups is 1. The Labute approximate surface area is 105 Å². The molecule has 0 spiro atoms. The van der Waals surface area contributed by atoms with E-state index in [-0.39, 0.29) is 5.91 Å². The summed E-state index contributed by atoms with van der Waals surface area (Å²) in [6.07, 6.45) is 0. The number of benzene rings is 1. The van der Waals surface area contributed by atoms with Gasteiger partial charge in [-0.25, -0.2) is 10.0 Å². The van der Waals surface area contributed by atoms with Gasteiger partial charge in [-0.05, 0) is 24.3 Å². The number of nitrogens with one attached hydrogen (secondary N) is 1. The van der Waals surface area contributed by atoms with Gasteiger partial charge in [0.2, 0.25) is 0 Å². The van der Waals surface area contributed by atoms with Crippen LogP contribution in [-0.4, -0.2) is 42.1 Å². The number of hydrazine groups is 2. The topological polar surface area (TPSA) is 61.6 Å². The van der Waals surface area contributed by atoms with Crippen molar-refractivity contribution >= 4 is 17.5 Å². The molecule has 1 heterocycles. The van der Waals surface area contributed by atoms with Gasteiger partial charge in [0.05, 0.1) is 0 Å². The molecule has 92 valence electrons. The number of nitrogens with two attached hydrogens (primary N) is 1. The minimum atomic E-state index is -0.118. The molecule has 0 bridgehead atoms. The highest BCUT2D eigenvalue weighted by Crippen LogP contribution is 2.09. The van der Waals surface area contributed by atoms with Gasteiger partial charge in [0, 0.05) is 36.8 Å². The summed E-state index contributed by atoms with van der Waals surface area (Å²) in [5.74, 6) is 5.52. The second-order valence-corrected chi connectivity index (χ2v) is 4.41. The zero-order chi connectivity index (χ0) is 12.3. The first-order valence-electron chi connectivity index (χ1n) is 5.46. The SMILES string of the molecule is NN1CCN(NC(=O)c2ccc(Cl)cc2)CC1. The zero-order valence-corrected chi connectivity index (χ0v) is 10.2. The van der Waals surface area contributed by atoms with Gasteiger partial charge in [-0.3, -0.25) is 16.1 Å². The maximum atomic E-state index is 11.9. The highest BCUT2D eigenvalue weighted by atomic mass is 35.5. The number of halogens is 1. The highest BCUT2D eigenvalue weighted by Gasteiger charge is 2.16. The van der Waals surface area contributed by atoms with E-state index in [1.54, 1.807) is 29.3 Å².